The number of aromatic nitrogens is 1. The molecule has 3 rings (SSSR count). The molecule has 1 aliphatic rings. The second-order valence-electron chi connectivity index (χ2n) is 6.63. The van der Waals surface area contributed by atoms with Crippen molar-refractivity contribution in [2.45, 2.75) is 11.4 Å². The Hall–Kier alpha value is -1.38. The van der Waals surface area contributed by atoms with Crippen LogP contribution in [0.3, 0.4) is 0 Å². The number of benzene rings is 1. The van der Waals surface area contributed by atoms with E-state index in [2.05, 4.69) is 9.88 Å². The van der Waals surface area contributed by atoms with Gasteiger partial charge in [0.15, 0.2) is 0 Å². The Kier molecular flexibility index (Phi) is 6.28. The van der Waals surface area contributed by atoms with E-state index in [1.807, 2.05) is 31.1 Å². The first-order chi connectivity index (χ1) is 12.8. The van der Waals surface area contributed by atoms with E-state index in [1.165, 1.54) is 10.5 Å². The number of hydrogen-bond acceptors (Lipinski definition) is 5. The van der Waals surface area contributed by atoms with Crippen molar-refractivity contribution in [3.05, 3.63) is 52.1 Å². The van der Waals surface area contributed by atoms with Gasteiger partial charge >= 0.3 is 0 Å². The molecule has 0 spiro atoms. The molecular weight excluding hydrogens is 407 g/mol. The Balaban J connectivity index is 1.73. The van der Waals surface area contributed by atoms with Gasteiger partial charge in [0.05, 0.1) is 10.0 Å². The summed E-state index contributed by atoms with van der Waals surface area (Å²) in [6.07, 6.45) is 1.42. The van der Waals surface area contributed by atoms with E-state index in [4.69, 9.17) is 23.2 Å². The molecule has 0 aliphatic carbocycles. The molecule has 2 heterocycles. The molecule has 1 saturated heterocycles. The van der Waals surface area contributed by atoms with Gasteiger partial charge in [-0.25, -0.2) is 13.4 Å². The third-order valence-electron chi connectivity index (χ3n) is 4.65. The Morgan fingerprint density at radius 3 is 2.44 bits per heavy atom. The van der Waals surface area contributed by atoms with E-state index in [9.17, 15) is 8.42 Å². The van der Waals surface area contributed by atoms with Crippen LogP contribution >= 0.6 is 23.2 Å². The van der Waals surface area contributed by atoms with E-state index in [-0.39, 0.29) is 4.90 Å². The molecule has 9 heteroatoms. The lowest BCUT2D eigenvalue weighted by Crippen LogP contribution is -2.47. The molecule has 0 unspecified atom stereocenters. The molecule has 0 atom stereocenters. The fraction of sp³-hybridized carbons (Fsp3) is 0.389. The van der Waals surface area contributed by atoms with Crippen LogP contribution < -0.4 is 4.90 Å². The first-order valence-electron chi connectivity index (χ1n) is 8.58. The standard InChI is InChI=1S/C18H22Cl2N4O2S/c1-22-8-10-24(11-9-22)27(25,26)15-6-7-17(21-12-15)23(2)13-14-4-3-5-16(19)18(14)20/h3-7,12H,8-11,13H2,1-2H3. The quantitative estimate of drug-likeness (QED) is 0.732. The van der Waals surface area contributed by atoms with Gasteiger partial charge < -0.3 is 9.80 Å². The van der Waals surface area contributed by atoms with Gasteiger partial charge in [-0.05, 0) is 30.8 Å². The summed E-state index contributed by atoms with van der Waals surface area (Å²) in [6.45, 7) is 2.96. The highest BCUT2D eigenvalue weighted by Gasteiger charge is 2.27. The number of pyridine rings is 1. The normalized spacial score (nSPS) is 16.4. The van der Waals surface area contributed by atoms with Crippen LogP contribution in [0.5, 0.6) is 0 Å². The minimum Gasteiger partial charge on any atom is -0.355 e. The number of halogens is 2. The van der Waals surface area contributed by atoms with Crippen molar-refractivity contribution in [2.24, 2.45) is 0 Å². The van der Waals surface area contributed by atoms with Crippen molar-refractivity contribution >= 4 is 39.0 Å². The van der Waals surface area contributed by atoms with Gasteiger partial charge in [-0.3, -0.25) is 0 Å². The topological polar surface area (TPSA) is 56.8 Å². The summed E-state index contributed by atoms with van der Waals surface area (Å²) >= 11 is 12.3. The number of sulfonamides is 1. The third-order valence-corrected chi connectivity index (χ3v) is 7.39. The van der Waals surface area contributed by atoms with Crippen molar-refractivity contribution in [1.29, 1.82) is 0 Å². The molecule has 1 aromatic carbocycles. The first kappa shape index (κ1) is 20.4. The van der Waals surface area contributed by atoms with Crippen molar-refractivity contribution in [1.82, 2.24) is 14.2 Å². The van der Waals surface area contributed by atoms with E-state index >= 15 is 0 Å². The number of nitrogens with zero attached hydrogens (tertiary/aromatic N) is 4. The van der Waals surface area contributed by atoms with Crippen LogP contribution in [0.4, 0.5) is 5.82 Å². The summed E-state index contributed by atoms with van der Waals surface area (Å²) in [7, 11) is 0.346. The number of anilines is 1. The molecule has 6 nitrogen and oxygen atoms in total. The molecule has 1 fully saturated rings. The van der Waals surface area contributed by atoms with E-state index in [1.54, 1.807) is 18.2 Å². The molecule has 0 bridgehead atoms. The van der Waals surface area contributed by atoms with Crippen molar-refractivity contribution in [3.63, 3.8) is 0 Å². The average molecular weight is 429 g/mol. The summed E-state index contributed by atoms with van der Waals surface area (Å²) in [5, 5.41) is 1.02. The highest BCUT2D eigenvalue weighted by Crippen LogP contribution is 2.27. The third kappa shape index (κ3) is 4.55. The van der Waals surface area contributed by atoms with Gasteiger partial charge in [-0.2, -0.15) is 4.31 Å². The van der Waals surface area contributed by atoms with Gasteiger partial charge in [-0.1, -0.05) is 35.3 Å². The zero-order chi connectivity index (χ0) is 19.6. The Labute approximate surface area is 170 Å². The number of rotatable bonds is 5. The number of hydrogen-bond donors (Lipinski definition) is 0. The fourth-order valence-corrected chi connectivity index (χ4v) is 4.68. The van der Waals surface area contributed by atoms with Crippen LogP contribution in [-0.2, 0) is 16.6 Å². The molecule has 0 radical (unpaired) electrons. The highest BCUT2D eigenvalue weighted by atomic mass is 35.5. The molecule has 1 aromatic heterocycles. The summed E-state index contributed by atoms with van der Waals surface area (Å²) in [5.74, 6) is 0.656. The van der Waals surface area contributed by atoms with Gasteiger partial charge in [-0.15, -0.1) is 0 Å². The molecule has 0 saturated carbocycles. The fourth-order valence-electron chi connectivity index (χ4n) is 2.94. The van der Waals surface area contributed by atoms with Crippen LogP contribution in [0.15, 0.2) is 41.4 Å². The molecule has 0 N–H and O–H groups in total. The summed E-state index contributed by atoms with van der Waals surface area (Å²) in [4.78, 5) is 8.56. The highest BCUT2D eigenvalue weighted by molar-refractivity contribution is 7.89. The monoisotopic (exact) mass is 428 g/mol. The minimum absolute atomic E-state index is 0.213. The Morgan fingerprint density at radius 1 is 1.11 bits per heavy atom. The summed E-state index contributed by atoms with van der Waals surface area (Å²) in [6, 6.07) is 8.80. The molecule has 146 valence electrons. The minimum atomic E-state index is -3.51. The van der Waals surface area contributed by atoms with Gasteiger partial charge in [0.1, 0.15) is 10.7 Å². The largest absolute Gasteiger partial charge is 0.355 e. The zero-order valence-electron chi connectivity index (χ0n) is 15.3. The van der Waals surface area contributed by atoms with Crippen molar-refractivity contribution < 1.29 is 8.42 Å². The zero-order valence-corrected chi connectivity index (χ0v) is 17.6. The maximum absolute atomic E-state index is 12.8. The maximum atomic E-state index is 12.8. The summed E-state index contributed by atoms with van der Waals surface area (Å²) < 4.78 is 27.1. The van der Waals surface area contributed by atoms with Crippen LogP contribution in [0.2, 0.25) is 10.0 Å². The van der Waals surface area contributed by atoms with Crippen LogP contribution in [-0.4, -0.2) is 62.9 Å². The van der Waals surface area contributed by atoms with Gasteiger partial charge in [0.2, 0.25) is 10.0 Å². The SMILES string of the molecule is CN1CCN(S(=O)(=O)c2ccc(N(C)Cc3cccc(Cl)c3Cl)nc2)CC1. The molecule has 2 aromatic rings. The Morgan fingerprint density at radius 2 is 1.81 bits per heavy atom. The predicted octanol–water partition coefficient (Wildman–Crippen LogP) is 2.96. The summed E-state index contributed by atoms with van der Waals surface area (Å²) in [5.41, 5.74) is 0.877. The molecular formula is C18H22Cl2N4O2S. The lowest BCUT2D eigenvalue weighted by Gasteiger charge is -2.31. The molecule has 1 aliphatic heterocycles. The smallest absolute Gasteiger partial charge is 0.244 e. The number of piperazine rings is 1. The lowest BCUT2D eigenvalue weighted by atomic mass is 10.2. The van der Waals surface area contributed by atoms with E-state index in [0.29, 0.717) is 35.5 Å². The van der Waals surface area contributed by atoms with E-state index < -0.39 is 10.0 Å². The average Bonchev–Trinajstić information content (AvgIpc) is 2.66. The predicted molar refractivity (Wildman–Crippen MR) is 109 cm³/mol. The van der Waals surface area contributed by atoms with Crippen LogP contribution in [0.25, 0.3) is 0 Å². The second kappa shape index (κ2) is 8.32. The van der Waals surface area contributed by atoms with Gasteiger partial charge in [0, 0.05) is 46.0 Å². The maximum Gasteiger partial charge on any atom is 0.244 e. The Bertz CT molecular complexity index is 898. The molecule has 0 amide bonds. The van der Waals surface area contributed by atoms with Crippen molar-refractivity contribution in [3.8, 4) is 0 Å². The molecule has 27 heavy (non-hydrogen) atoms. The van der Waals surface area contributed by atoms with Gasteiger partial charge in [0.25, 0.3) is 0 Å². The first-order valence-corrected chi connectivity index (χ1v) is 10.8. The number of likely N-dealkylation sites (N-methyl/N-ethyl adjacent to an activating group) is 1. The van der Waals surface area contributed by atoms with Crippen LogP contribution in [0.1, 0.15) is 5.56 Å². The van der Waals surface area contributed by atoms with Crippen LogP contribution in [0, 0.1) is 0 Å². The second-order valence-corrected chi connectivity index (χ2v) is 9.35. The lowest BCUT2D eigenvalue weighted by molar-refractivity contribution is 0.222. The van der Waals surface area contributed by atoms with Crippen molar-refractivity contribution in [2.75, 3.05) is 45.2 Å². The van der Waals surface area contributed by atoms with E-state index in [0.717, 1.165) is 18.7 Å².